The Bertz CT molecular complexity index is 189. The van der Waals surface area contributed by atoms with E-state index in [2.05, 4.69) is 24.1 Å². The van der Waals surface area contributed by atoms with Crippen LogP contribution in [0.1, 0.15) is 46.5 Å². The van der Waals surface area contributed by atoms with Crippen LogP contribution in [0.15, 0.2) is 0 Å². The molecule has 0 bridgehead atoms. The van der Waals surface area contributed by atoms with Crippen molar-refractivity contribution in [1.29, 1.82) is 0 Å². The van der Waals surface area contributed by atoms with E-state index < -0.39 is 0 Å². The number of nitrogens with one attached hydrogen (secondary N) is 1. The molecular formula is C14H30N2O. The Labute approximate surface area is 107 Å². The Kier molecular flexibility index (Phi) is 7.09. The van der Waals surface area contributed by atoms with Gasteiger partial charge in [0.05, 0.1) is 6.10 Å². The van der Waals surface area contributed by atoms with E-state index in [1.54, 1.807) is 0 Å². The molecule has 2 unspecified atom stereocenters. The molecule has 3 nitrogen and oxygen atoms in total. The number of piperidine rings is 1. The van der Waals surface area contributed by atoms with Crippen molar-refractivity contribution in [2.45, 2.75) is 58.6 Å². The lowest BCUT2D eigenvalue weighted by atomic mass is 9.90. The van der Waals surface area contributed by atoms with E-state index in [0.717, 1.165) is 18.9 Å². The van der Waals surface area contributed by atoms with Crippen molar-refractivity contribution in [2.24, 2.45) is 5.92 Å². The van der Waals surface area contributed by atoms with E-state index >= 15 is 0 Å². The number of likely N-dealkylation sites (tertiary alicyclic amines) is 1. The second kappa shape index (κ2) is 8.06. The Hall–Kier alpha value is -0.120. The number of rotatable bonds is 7. The molecule has 0 aromatic carbocycles. The minimum Gasteiger partial charge on any atom is -0.393 e. The van der Waals surface area contributed by atoms with Gasteiger partial charge < -0.3 is 15.3 Å². The minimum absolute atomic E-state index is 0.180. The first-order valence-electron chi connectivity index (χ1n) is 7.27. The van der Waals surface area contributed by atoms with Gasteiger partial charge in [0.1, 0.15) is 0 Å². The molecule has 0 aliphatic carbocycles. The van der Waals surface area contributed by atoms with Crippen LogP contribution in [-0.4, -0.2) is 48.3 Å². The molecule has 1 rings (SSSR count). The quantitative estimate of drug-likeness (QED) is 0.715. The molecule has 102 valence electrons. The van der Waals surface area contributed by atoms with Crippen molar-refractivity contribution < 1.29 is 5.11 Å². The van der Waals surface area contributed by atoms with Crippen molar-refractivity contribution in [2.75, 3.05) is 26.2 Å². The van der Waals surface area contributed by atoms with Crippen LogP contribution in [0.3, 0.4) is 0 Å². The smallest absolute Gasteiger partial charge is 0.0524 e. The highest BCUT2D eigenvalue weighted by Crippen LogP contribution is 2.20. The van der Waals surface area contributed by atoms with Gasteiger partial charge in [-0.3, -0.25) is 0 Å². The molecule has 0 spiro atoms. The fourth-order valence-corrected chi connectivity index (χ4v) is 2.68. The van der Waals surface area contributed by atoms with Crippen LogP contribution in [-0.2, 0) is 0 Å². The molecule has 2 atom stereocenters. The lowest BCUT2D eigenvalue weighted by Gasteiger charge is -2.35. The number of hydrogen-bond acceptors (Lipinski definition) is 3. The summed E-state index contributed by atoms with van der Waals surface area (Å²) in [7, 11) is 0. The average molecular weight is 242 g/mol. The molecule has 0 saturated carbocycles. The summed E-state index contributed by atoms with van der Waals surface area (Å²) in [6, 6.07) is 0.595. The molecule has 1 fully saturated rings. The van der Waals surface area contributed by atoms with Crippen LogP contribution in [0.4, 0.5) is 0 Å². The molecule has 2 N–H and O–H groups in total. The minimum atomic E-state index is -0.180. The van der Waals surface area contributed by atoms with E-state index in [0.29, 0.717) is 6.04 Å². The van der Waals surface area contributed by atoms with Crippen LogP contribution in [0.2, 0.25) is 0 Å². The predicted octanol–water partition coefficient (Wildman–Crippen LogP) is 1.86. The summed E-state index contributed by atoms with van der Waals surface area (Å²) in [5, 5.41) is 12.8. The molecule has 1 heterocycles. The lowest BCUT2D eigenvalue weighted by molar-refractivity contribution is 0.155. The second-order valence-corrected chi connectivity index (χ2v) is 5.56. The lowest BCUT2D eigenvalue weighted by Crippen LogP contribution is -2.42. The van der Waals surface area contributed by atoms with Gasteiger partial charge in [0.15, 0.2) is 0 Å². The first kappa shape index (κ1) is 14.9. The van der Waals surface area contributed by atoms with Crippen LogP contribution < -0.4 is 5.32 Å². The van der Waals surface area contributed by atoms with Crippen molar-refractivity contribution in [1.82, 2.24) is 10.2 Å². The van der Waals surface area contributed by atoms with Gasteiger partial charge in [0.25, 0.3) is 0 Å². The SMILES string of the molecule is CCCN1CCC(C(C)NCCC(C)O)CC1. The van der Waals surface area contributed by atoms with Crippen LogP contribution in [0.5, 0.6) is 0 Å². The molecule has 1 aliphatic rings. The summed E-state index contributed by atoms with van der Waals surface area (Å²) >= 11 is 0. The van der Waals surface area contributed by atoms with Crippen LogP contribution in [0.25, 0.3) is 0 Å². The van der Waals surface area contributed by atoms with Gasteiger partial charge in [-0.15, -0.1) is 0 Å². The van der Waals surface area contributed by atoms with Crippen molar-refractivity contribution in [3.8, 4) is 0 Å². The fraction of sp³-hybridized carbons (Fsp3) is 1.00. The summed E-state index contributed by atoms with van der Waals surface area (Å²) < 4.78 is 0. The molecule has 0 amide bonds. The number of nitrogens with zero attached hydrogens (tertiary/aromatic N) is 1. The Morgan fingerprint density at radius 1 is 1.29 bits per heavy atom. The first-order chi connectivity index (χ1) is 8.13. The summed E-state index contributed by atoms with van der Waals surface area (Å²) in [6.07, 6.45) is 4.60. The zero-order valence-corrected chi connectivity index (χ0v) is 11.8. The highest BCUT2D eigenvalue weighted by atomic mass is 16.3. The second-order valence-electron chi connectivity index (χ2n) is 5.56. The molecule has 3 heteroatoms. The fourth-order valence-electron chi connectivity index (χ4n) is 2.68. The molecule has 0 aromatic rings. The maximum absolute atomic E-state index is 9.22. The van der Waals surface area contributed by atoms with Crippen molar-refractivity contribution in [3.05, 3.63) is 0 Å². The molecular weight excluding hydrogens is 212 g/mol. The van der Waals surface area contributed by atoms with Gasteiger partial charge in [-0.25, -0.2) is 0 Å². The third kappa shape index (κ3) is 5.84. The van der Waals surface area contributed by atoms with Crippen molar-refractivity contribution >= 4 is 0 Å². The summed E-state index contributed by atoms with van der Waals surface area (Å²) in [4.78, 5) is 2.58. The van der Waals surface area contributed by atoms with Gasteiger partial charge in [0.2, 0.25) is 0 Å². The Morgan fingerprint density at radius 2 is 1.94 bits per heavy atom. The largest absolute Gasteiger partial charge is 0.393 e. The van der Waals surface area contributed by atoms with Crippen LogP contribution >= 0.6 is 0 Å². The maximum atomic E-state index is 9.22. The Morgan fingerprint density at radius 3 is 2.47 bits per heavy atom. The highest BCUT2D eigenvalue weighted by Gasteiger charge is 2.22. The molecule has 0 aromatic heterocycles. The average Bonchev–Trinajstić information content (AvgIpc) is 2.30. The van der Waals surface area contributed by atoms with Gasteiger partial charge in [-0.05, 0) is 71.6 Å². The summed E-state index contributed by atoms with van der Waals surface area (Å²) in [5.41, 5.74) is 0. The Balaban J connectivity index is 2.14. The third-order valence-electron chi connectivity index (χ3n) is 3.91. The van der Waals surface area contributed by atoms with Gasteiger partial charge >= 0.3 is 0 Å². The van der Waals surface area contributed by atoms with E-state index in [-0.39, 0.29) is 6.10 Å². The maximum Gasteiger partial charge on any atom is 0.0524 e. The number of aliphatic hydroxyl groups is 1. The third-order valence-corrected chi connectivity index (χ3v) is 3.91. The molecule has 0 radical (unpaired) electrons. The number of hydrogen-bond donors (Lipinski definition) is 2. The van der Waals surface area contributed by atoms with Gasteiger partial charge in [-0.2, -0.15) is 0 Å². The van der Waals surface area contributed by atoms with Gasteiger partial charge in [-0.1, -0.05) is 6.92 Å². The number of aliphatic hydroxyl groups excluding tert-OH is 1. The van der Waals surface area contributed by atoms with Crippen LogP contribution in [0, 0.1) is 5.92 Å². The van der Waals surface area contributed by atoms with E-state index in [4.69, 9.17) is 0 Å². The zero-order chi connectivity index (χ0) is 12.7. The summed E-state index contributed by atoms with van der Waals surface area (Å²) in [6.45, 7) is 11.1. The highest BCUT2D eigenvalue weighted by molar-refractivity contribution is 4.79. The predicted molar refractivity (Wildman–Crippen MR) is 73.2 cm³/mol. The topological polar surface area (TPSA) is 35.5 Å². The monoisotopic (exact) mass is 242 g/mol. The molecule has 17 heavy (non-hydrogen) atoms. The van der Waals surface area contributed by atoms with E-state index in [9.17, 15) is 5.11 Å². The van der Waals surface area contributed by atoms with E-state index in [1.165, 1.54) is 38.9 Å². The van der Waals surface area contributed by atoms with Gasteiger partial charge in [0, 0.05) is 6.04 Å². The standard InChI is InChI=1S/C14H30N2O/c1-4-9-16-10-6-14(7-11-16)13(3)15-8-5-12(2)17/h12-15,17H,4-11H2,1-3H3. The van der Waals surface area contributed by atoms with Crippen molar-refractivity contribution in [3.63, 3.8) is 0 Å². The van der Waals surface area contributed by atoms with E-state index in [1.807, 2.05) is 6.92 Å². The normalized spacial score (nSPS) is 22.6. The summed E-state index contributed by atoms with van der Waals surface area (Å²) in [5.74, 6) is 0.817. The first-order valence-corrected chi connectivity index (χ1v) is 7.27. The molecule has 1 saturated heterocycles. The zero-order valence-electron chi connectivity index (χ0n) is 11.8. The molecule has 1 aliphatic heterocycles.